The standard InChI is InChI=1S/C20H21F3N2O5S/c1-3-25(4-2)31(28,29)17-7-5-6-14(12-17)19(27)30-13-18(26)24-16-10-8-15(9-11-16)20(21,22)23/h5-12H,3-4,13H2,1-2H3,(H,24,26). The summed E-state index contributed by atoms with van der Waals surface area (Å²) in [5.74, 6) is -1.68. The SMILES string of the molecule is CCN(CC)S(=O)(=O)c1cccc(C(=O)OCC(=O)Nc2ccc(C(F)(F)F)cc2)c1. The van der Waals surface area contributed by atoms with Gasteiger partial charge in [-0.05, 0) is 42.5 Å². The van der Waals surface area contributed by atoms with Crippen molar-refractivity contribution >= 4 is 27.6 Å². The maximum atomic E-state index is 12.6. The number of benzene rings is 2. The van der Waals surface area contributed by atoms with Gasteiger partial charge in [-0.15, -0.1) is 0 Å². The first kappa shape index (κ1) is 24.4. The number of esters is 1. The first-order valence-corrected chi connectivity index (χ1v) is 10.7. The van der Waals surface area contributed by atoms with Gasteiger partial charge in [0.15, 0.2) is 6.61 Å². The van der Waals surface area contributed by atoms with Crippen LogP contribution in [0.3, 0.4) is 0 Å². The number of amides is 1. The van der Waals surface area contributed by atoms with E-state index in [9.17, 15) is 31.2 Å². The smallest absolute Gasteiger partial charge is 0.416 e. The number of anilines is 1. The molecule has 0 radical (unpaired) electrons. The molecule has 2 aromatic rings. The van der Waals surface area contributed by atoms with Crippen LogP contribution in [0, 0.1) is 0 Å². The molecular formula is C20H21F3N2O5S. The van der Waals surface area contributed by atoms with Gasteiger partial charge in [0, 0.05) is 18.8 Å². The lowest BCUT2D eigenvalue weighted by Gasteiger charge is -2.18. The van der Waals surface area contributed by atoms with Gasteiger partial charge in [0.05, 0.1) is 16.0 Å². The number of hydrogen-bond donors (Lipinski definition) is 1. The van der Waals surface area contributed by atoms with Crippen molar-refractivity contribution in [1.29, 1.82) is 0 Å². The van der Waals surface area contributed by atoms with Gasteiger partial charge in [0.1, 0.15) is 0 Å². The number of ether oxygens (including phenoxy) is 1. The molecule has 0 unspecified atom stereocenters. The van der Waals surface area contributed by atoms with Crippen LogP contribution in [0.25, 0.3) is 0 Å². The lowest BCUT2D eigenvalue weighted by molar-refractivity contribution is -0.137. The molecule has 0 spiro atoms. The molecule has 1 N–H and O–H groups in total. The van der Waals surface area contributed by atoms with Crippen molar-refractivity contribution in [2.45, 2.75) is 24.9 Å². The van der Waals surface area contributed by atoms with Gasteiger partial charge in [-0.1, -0.05) is 19.9 Å². The summed E-state index contributed by atoms with van der Waals surface area (Å²) in [5, 5.41) is 2.31. The van der Waals surface area contributed by atoms with Crippen LogP contribution in [0.5, 0.6) is 0 Å². The summed E-state index contributed by atoms with van der Waals surface area (Å²) in [6.07, 6.45) is -4.49. The summed E-state index contributed by atoms with van der Waals surface area (Å²) in [5.41, 5.74) is -0.826. The first-order chi connectivity index (χ1) is 14.5. The highest BCUT2D eigenvalue weighted by atomic mass is 32.2. The molecule has 0 aliphatic rings. The highest BCUT2D eigenvalue weighted by Crippen LogP contribution is 2.29. The average molecular weight is 458 g/mol. The molecule has 0 aromatic heterocycles. The second kappa shape index (κ2) is 9.92. The normalized spacial score (nSPS) is 11.9. The molecule has 1 amide bonds. The Hall–Kier alpha value is -2.92. The van der Waals surface area contributed by atoms with E-state index in [0.29, 0.717) is 0 Å². The van der Waals surface area contributed by atoms with Crippen LogP contribution in [0.15, 0.2) is 53.4 Å². The van der Waals surface area contributed by atoms with Crippen molar-refractivity contribution in [3.63, 3.8) is 0 Å². The van der Waals surface area contributed by atoms with E-state index in [4.69, 9.17) is 4.74 Å². The number of nitrogens with zero attached hydrogens (tertiary/aromatic N) is 1. The van der Waals surface area contributed by atoms with E-state index in [-0.39, 0.29) is 29.2 Å². The number of hydrogen-bond acceptors (Lipinski definition) is 5. The third kappa shape index (κ3) is 6.28. The Morgan fingerprint density at radius 2 is 1.65 bits per heavy atom. The zero-order valence-electron chi connectivity index (χ0n) is 16.8. The molecule has 2 aromatic carbocycles. The molecule has 11 heteroatoms. The number of rotatable bonds is 8. The summed E-state index contributed by atoms with van der Waals surface area (Å²) in [6.45, 7) is 3.20. The molecule has 0 atom stereocenters. The summed E-state index contributed by atoms with van der Waals surface area (Å²) in [7, 11) is -3.78. The third-order valence-electron chi connectivity index (χ3n) is 4.24. The van der Waals surface area contributed by atoms with Crippen molar-refractivity contribution in [2.24, 2.45) is 0 Å². The highest BCUT2D eigenvalue weighted by Gasteiger charge is 2.30. The monoisotopic (exact) mass is 458 g/mol. The van der Waals surface area contributed by atoms with Crippen LogP contribution >= 0.6 is 0 Å². The zero-order valence-corrected chi connectivity index (χ0v) is 17.6. The number of carbonyl (C=O) groups is 2. The van der Waals surface area contributed by atoms with E-state index in [1.807, 2.05) is 0 Å². The largest absolute Gasteiger partial charge is 0.452 e. The van der Waals surface area contributed by atoms with Crippen LogP contribution < -0.4 is 5.32 Å². The summed E-state index contributed by atoms with van der Waals surface area (Å²) in [6, 6.07) is 9.00. The van der Waals surface area contributed by atoms with E-state index in [0.717, 1.165) is 30.3 Å². The van der Waals surface area contributed by atoms with E-state index < -0.39 is 40.2 Å². The molecule has 0 saturated carbocycles. The maximum Gasteiger partial charge on any atom is 0.416 e. The quantitative estimate of drug-likeness (QED) is 0.611. The van der Waals surface area contributed by atoms with Crippen LogP contribution in [0.4, 0.5) is 18.9 Å². The van der Waals surface area contributed by atoms with Crippen LogP contribution in [-0.4, -0.2) is 44.3 Å². The molecule has 0 heterocycles. The van der Waals surface area contributed by atoms with E-state index in [2.05, 4.69) is 5.32 Å². The molecule has 168 valence electrons. The maximum absolute atomic E-state index is 12.6. The Kier molecular flexibility index (Phi) is 7.80. The molecule has 0 aliphatic carbocycles. The van der Waals surface area contributed by atoms with E-state index in [1.165, 1.54) is 22.5 Å². The van der Waals surface area contributed by atoms with E-state index in [1.54, 1.807) is 13.8 Å². The Balaban J connectivity index is 2.00. The van der Waals surface area contributed by atoms with Crippen molar-refractivity contribution in [1.82, 2.24) is 4.31 Å². The Labute approximate surface area is 177 Å². The lowest BCUT2D eigenvalue weighted by atomic mass is 10.2. The van der Waals surface area contributed by atoms with Crippen molar-refractivity contribution in [3.05, 3.63) is 59.7 Å². The molecule has 2 rings (SSSR count). The topological polar surface area (TPSA) is 92.8 Å². The van der Waals surface area contributed by atoms with Gasteiger partial charge in [0.25, 0.3) is 5.91 Å². The number of nitrogens with one attached hydrogen (secondary N) is 1. The molecule has 0 saturated heterocycles. The zero-order chi connectivity index (χ0) is 23.2. The Morgan fingerprint density at radius 3 is 2.19 bits per heavy atom. The molecule has 0 bridgehead atoms. The molecule has 7 nitrogen and oxygen atoms in total. The Bertz CT molecular complexity index is 1030. The minimum Gasteiger partial charge on any atom is -0.452 e. The van der Waals surface area contributed by atoms with Crippen LogP contribution in [0.2, 0.25) is 0 Å². The average Bonchev–Trinajstić information content (AvgIpc) is 2.72. The van der Waals surface area contributed by atoms with E-state index >= 15 is 0 Å². The second-order valence-corrected chi connectivity index (χ2v) is 8.25. The van der Waals surface area contributed by atoms with Crippen LogP contribution in [0.1, 0.15) is 29.8 Å². The predicted octanol–water partition coefficient (Wildman–Crippen LogP) is 3.53. The Morgan fingerprint density at radius 1 is 1.03 bits per heavy atom. The molecule has 0 aliphatic heterocycles. The second-order valence-electron chi connectivity index (χ2n) is 6.32. The summed E-state index contributed by atoms with van der Waals surface area (Å²) >= 11 is 0. The van der Waals surface area contributed by atoms with Gasteiger partial charge >= 0.3 is 12.1 Å². The van der Waals surface area contributed by atoms with Gasteiger partial charge < -0.3 is 10.1 Å². The minimum absolute atomic E-state index is 0.0597. The van der Waals surface area contributed by atoms with Crippen molar-refractivity contribution < 1.29 is 35.9 Å². The van der Waals surface area contributed by atoms with Gasteiger partial charge in [-0.25, -0.2) is 13.2 Å². The number of halogens is 3. The highest BCUT2D eigenvalue weighted by molar-refractivity contribution is 7.89. The summed E-state index contributed by atoms with van der Waals surface area (Å²) in [4.78, 5) is 24.0. The number of sulfonamides is 1. The minimum atomic E-state index is -4.49. The lowest BCUT2D eigenvalue weighted by Crippen LogP contribution is -2.30. The number of alkyl halides is 3. The van der Waals surface area contributed by atoms with Crippen molar-refractivity contribution in [3.8, 4) is 0 Å². The molecular weight excluding hydrogens is 437 g/mol. The van der Waals surface area contributed by atoms with Crippen LogP contribution in [-0.2, 0) is 25.7 Å². The van der Waals surface area contributed by atoms with Gasteiger partial charge in [0.2, 0.25) is 10.0 Å². The predicted molar refractivity (Wildman–Crippen MR) is 107 cm³/mol. The third-order valence-corrected chi connectivity index (χ3v) is 6.29. The molecule has 31 heavy (non-hydrogen) atoms. The van der Waals surface area contributed by atoms with Crippen molar-refractivity contribution in [2.75, 3.05) is 25.0 Å². The fourth-order valence-corrected chi connectivity index (χ4v) is 4.15. The molecule has 0 fully saturated rings. The fraction of sp³-hybridized carbons (Fsp3) is 0.300. The first-order valence-electron chi connectivity index (χ1n) is 9.23. The number of carbonyl (C=O) groups excluding carboxylic acids is 2. The fourth-order valence-electron chi connectivity index (χ4n) is 2.65. The summed E-state index contributed by atoms with van der Waals surface area (Å²) < 4.78 is 68.9. The van der Waals surface area contributed by atoms with Gasteiger partial charge in [-0.3, -0.25) is 4.79 Å². The van der Waals surface area contributed by atoms with Gasteiger partial charge in [-0.2, -0.15) is 17.5 Å².